The van der Waals surface area contributed by atoms with Crippen LogP contribution in [0.25, 0.3) is 10.9 Å². The number of pyridine rings is 1. The van der Waals surface area contributed by atoms with Gasteiger partial charge in [0.25, 0.3) is 0 Å². The molecule has 0 aliphatic carbocycles. The van der Waals surface area contributed by atoms with E-state index in [1.165, 1.54) is 0 Å². The van der Waals surface area contributed by atoms with E-state index in [1.807, 2.05) is 43.3 Å². The van der Waals surface area contributed by atoms with E-state index in [1.54, 1.807) is 43.6 Å². The normalized spacial score (nSPS) is 10.3. The fraction of sp³-hybridized carbons (Fsp3) is 0.115. The van der Waals surface area contributed by atoms with Gasteiger partial charge in [0, 0.05) is 30.4 Å². The Bertz CT molecular complexity index is 1350. The molecular formula is C26H22N4O3. The monoisotopic (exact) mass is 438 g/mol. The Kier molecular flexibility index (Phi) is 6.37. The van der Waals surface area contributed by atoms with Gasteiger partial charge < -0.3 is 20.1 Å². The minimum atomic E-state index is -0.291. The third-order valence-electron chi connectivity index (χ3n) is 5.06. The number of amides is 2. The highest BCUT2D eigenvalue weighted by atomic mass is 16.5. The third kappa shape index (κ3) is 5.02. The summed E-state index contributed by atoms with van der Waals surface area (Å²) in [5.74, 6) is 1.64. The molecule has 33 heavy (non-hydrogen) atoms. The molecule has 0 saturated heterocycles. The molecular weight excluding hydrogens is 416 g/mol. The molecule has 2 amide bonds. The molecule has 0 bridgehead atoms. The van der Waals surface area contributed by atoms with E-state index in [9.17, 15) is 10.1 Å². The number of hydrogen-bond donors (Lipinski definition) is 2. The number of ether oxygens (including phenoxy) is 2. The number of nitrogens with zero attached hydrogens (tertiary/aromatic N) is 2. The molecule has 1 aromatic heterocycles. The zero-order valence-corrected chi connectivity index (χ0v) is 18.3. The summed E-state index contributed by atoms with van der Waals surface area (Å²) in [7, 11) is 1.56. The average Bonchev–Trinajstić information content (AvgIpc) is 2.84. The maximum absolute atomic E-state index is 11.6. The zero-order chi connectivity index (χ0) is 23.2. The van der Waals surface area contributed by atoms with Crippen LogP contribution in [0.3, 0.4) is 0 Å². The van der Waals surface area contributed by atoms with Gasteiger partial charge in [0.2, 0.25) is 0 Å². The van der Waals surface area contributed by atoms with Crippen LogP contribution >= 0.6 is 0 Å². The summed E-state index contributed by atoms with van der Waals surface area (Å²) in [6.07, 6.45) is 1.65. The van der Waals surface area contributed by atoms with E-state index in [0.29, 0.717) is 46.0 Å². The summed E-state index contributed by atoms with van der Waals surface area (Å²) in [6.45, 7) is 2.24. The number of aromatic nitrogens is 1. The predicted molar refractivity (Wildman–Crippen MR) is 127 cm³/mol. The van der Waals surface area contributed by atoms with E-state index >= 15 is 0 Å². The number of fused-ring (bicyclic) bond motifs is 1. The second-order valence-corrected chi connectivity index (χ2v) is 7.34. The average molecular weight is 438 g/mol. The first-order chi connectivity index (χ1) is 16.1. The minimum absolute atomic E-state index is 0.291. The van der Waals surface area contributed by atoms with E-state index in [0.717, 1.165) is 11.1 Å². The summed E-state index contributed by atoms with van der Waals surface area (Å²) < 4.78 is 12.0. The van der Waals surface area contributed by atoms with Crippen LogP contribution in [0.4, 0.5) is 10.5 Å². The summed E-state index contributed by atoms with van der Waals surface area (Å²) >= 11 is 0. The molecule has 7 heteroatoms. The van der Waals surface area contributed by atoms with Crippen LogP contribution in [0.5, 0.6) is 17.2 Å². The molecule has 0 atom stereocenters. The van der Waals surface area contributed by atoms with E-state index in [4.69, 9.17) is 9.47 Å². The molecule has 0 aliphatic heterocycles. The van der Waals surface area contributed by atoms with Crippen molar-refractivity contribution in [3.63, 3.8) is 0 Å². The Labute approximate surface area is 191 Å². The number of aryl methyl sites for hydroxylation is 1. The van der Waals surface area contributed by atoms with Crippen molar-refractivity contribution >= 4 is 22.6 Å². The second-order valence-electron chi connectivity index (χ2n) is 7.34. The van der Waals surface area contributed by atoms with Gasteiger partial charge in [-0.1, -0.05) is 30.3 Å². The molecule has 0 spiro atoms. The lowest BCUT2D eigenvalue weighted by molar-refractivity contribution is 0.254. The first kappa shape index (κ1) is 21.7. The fourth-order valence-corrected chi connectivity index (χ4v) is 3.33. The highest BCUT2D eigenvalue weighted by Crippen LogP contribution is 2.34. The fourth-order valence-electron chi connectivity index (χ4n) is 3.33. The molecule has 4 rings (SSSR count). The molecule has 0 unspecified atom stereocenters. The van der Waals surface area contributed by atoms with Gasteiger partial charge in [-0.25, -0.2) is 4.79 Å². The first-order valence-corrected chi connectivity index (χ1v) is 10.3. The van der Waals surface area contributed by atoms with Crippen LogP contribution < -0.4 is 20.1 Å². The van der Waals surface area contributed by atoms with Crippen molar-refractivity contribution in [1.29, 1.82) is 5.26 Å². The first-order valence-electron chi connectivity index (χ1n) is 10.3. The van der Waals surface area contributed by atoms with Crippen molar-refractivity contribution in [2.45, 2.75) is 13.5 Å². The van der Waals surface area contributed by atoms with Crippen LogP contribution in [0.1, 0.15) is 16.7 Å². The van der Waals surface area contributed by atoms with Gasteiger partial charge in [-0.2, -0.15) is 5.26 Å². The number of hydrogen-bond acceptors (Lipinski definition) is 5. The van der Waals surface area contributed by atoms with Crippen molar-refractivity contribution in [3.8, 4) is 23.3 Å². The molecule has 1 heterocycles. The summed E-state index contributed by atoms with van der Waals surface area (Å²) in [6, 6.07) is 22.3. The lowest BCUT2D eigenvalue weighted by Gasteiger charge is -2.13. The Balaban J connectivity index is 1.61. The molecule has 0 fully saturated rings. The quantitative estimate of drug-likeness (QED) is 0.412. The minimum Gasteiger partial charge on any atom is -0.487 e. The maximum Gasteiger partial charge on any atom is 0.318 e. The Morgan fingerprint density at radius 2 is 1.88 bits per heavy atom. The van der Waals surface area contributed by atoms with Crippen LogP contribution in [0.15, 0.2) is 72.9 Å². The lowest BCUT2D eigenvalue weighted by Crippen LogP contribution is -2.24. The molecule has 0 saturated carbocycles. The Hall–Kier alpha value is -4.57. The standard InChI is InChI=1S/C26H22N4O3/c1-17-12-20(8-9-22(17)30-26(31)28-2)33-24-10-11-29-23-14-25(19(15-27)13-21(23)24)32-16-18-6-4-3-5-7-18/h3-14H,16H2,1-2H3,(H2,28,30,31). The summed E-state index contributed by atoms with van der Waals surface area (Å²) in [5, 5.41) is 15.7. The summed E-state index contributed by atoms with van der Waals surface area (Å²) in [5.41, 5.74) is 3.61. The van der Waals surface area contributed by atoms with Gasteiger partial charge in [0.1, 0.15) is 29.9 Å². The van der Waals surface area contributed by atoms with E-state index in [2.05, 4.69) is 21.7 Å². The van der Waals surface area contributed by atoms with Gasteiger partial charge in [-0.15, -0.1) is 0 Å². The van der Waals surface area contributed by atoms with Gasteiger partial charge in [-0.3, -0.25) is 4.98 Å². The molecule has 0 radical (unpaired) electrons. The van der Waals surface area contributed by atoms with E-state index in [-0.39, 0.29) is 6.03 Å². The van der Waals surface area contributed by atoms with Crippen molar-refractivity contribution in [2.75, 3.05) is 12.4 Å². The summed E-state index contributed by atoms with van der Waals surface area (Å²) in [4.78, 5) is 16.0. The number of carbonyl (C=O) groups excluding carboxylic acids is 1. The maximum atomic E-state index is 11.6. The van der Waals surface area contributed by atoms with Crippen LogP contribution in [0.2, 0.25) is 0 Å². The molecule has 4 aromatic rings. The number of nitriles is 1. The van der Waals surface area contributed by atoms with Crippen molar-refractivity contribution in [3.05, 3.63) is 89.6 Å². The zero-order valence-electron chi connectivity index (χ0n) is 18.3. The molecule has 7 nitrogen and oxygen atoms in total. The SMILES string of the molecule is CNC(=O)Nc1ccc(Oc2ccnc3cc(OCc4ccccc4)c(C#N)cc23)cc1C. The van der Waals surface area contributed by atoms with Crippen LogP contribution in [0, 0.1) is 18.3 Å². The molecule has 164 valence electrons. The van der Waals surface area contributed by atoms with E-state index < -0.39 is 0 Å². The highest BCUT2D eigenvalue weighted by Gasteiger charge is 2.12. The highest BCUT2D eigenvalue weighted by molar-refractivity contribution is 5.90. The number of anilines is 1. The second kappa shape index (κ2) is 9.71. The van der Waals surface area contributed by atoms with Crippen molar-refractivity contribution < 1.29 is 14.3 Å². The number of nitrogens with one attached hydrogen (secondary N) is 2. The van der Waals surface area contributed by atoms with Crippen LogP contribution in [-0.4, -0.2) is 18.1 Å². The molecule has 0 aliphatic rings. The van der Waals surface area contributed by atoms with Crippen molar-refractivity contribution in [2.24, 2.45) is 0 Å². The molecule has 3 aromatic carbocycles. The Morgan fingerprint density at radius 3 is 2.61 bits per heavy atom. The predicted octanol–water partition coefficient (Wildman–Crippen LogP) is 5.54. The Morgan fingerprint density at radius 1 is 1.06 bits per heavy atom. The van der Waals surface area contributed by atoms with Gasteiger partial charge in [-0.05, 0) is 48.4 Å². The lowest BCUT2D eigenvalue weighted by atomic mass is 10.1. The molecule has 2 N–H and O–H groups in total. The third-order valence-corrected chi connectivity index (χ3v) is 5.06. The van der Waals surface area contributed by atoms with Crippen molar-refractivity contribution in [1.82, 2.24) is 10.3 Å². The smallest absolute Gasteiger partial charge is 0.318 e. The topological polar surface area (TPSA) is 96.3 Å². The number of carbonyl (C=O) groups is 1. The largest absolute Gasteiger partial charge is 0.487 e. The van der Waals surface area contributed by atoms with Gasteiger partial charge in [0.15, 0.2) is 0 Å². The number of rotatable bonds is 6. The van der Waals surface area contributed by atoms with Gasteiger partial charge in [0.05, 0.1) is 11.1 Å². The number of benzene rings is 3. The van der Waals surface area contributed by atoms with Gasteiger partial charge >= 0.3 is 6.03 Å². The number of urea groups is 1. The van der Waals surface area contributed by atoms with Crippen LogP contribution in [-0.2, 0) is 6.61 Å².